The molecule has 4 N–H and O–H groups in total. The second-order valence-electron chi connectivity index (χ2n) is 6.44. The lowest BCUT2D eigenvalue weighted by atomic mass is 10.0. The molecule has 28 heavy (non-hydrogen) atoms. The summed E-state index contributed by atoms with van der Waals surface area (Å²) in [4.78, 5) is 25.6. The van der Waals surface area contributed by atoms with Crippen molar-refractivity contribution in [2.45, 2.75) is 18.9 Å². The number of primary amides is 1. The van der Waals surface area contributed by atoms with Gasteiger partial charge in [-0.1, -0.05) is 6.07 Å². The van der Waals surface area contributed by atoms with E-state index in [9.17, 15) is 22.8 Å². The van der Waals surface area contributed by atoms with Crippen LogP contribution in [0.1, 0.15) is 23.2 Å². The molecule has 1 aliphatic rings. The van der Waals surface area contributed by atoms with Crippen LogP contribution in [0.15, 0.2) is 36.4 Å². The van der Waals surface area contributed by atoms with E-state index >= 15 is 0 Å². The first-order valence-corrected chi connectivity index (χ1v) is 8.72. The van der Waals surface area contributed by atoms with Crippen LogP contribution < -0.4 is 21.3 Å². The molecule has 0 aromatic heterocycles. The lowest BCUT2D eigenvalue weighted by molar-refractivity contribution is 0.0996. The number of nitrogens with zero attached hydrogens (tertiary/aromatic N) is 1. The maximum Gasteiger partial charge on any atom is 0.326 e. The van der Waals surface area contributed by atoms with Crippen LogP contribution in [0.4, 0.5) is 29.3 Å². The van der Waals surface area contributed by atoms with Crippen LogP contribution in [0, 0.1) is 17.5 Å². The van der Waals surface area contributed by atoms with Gasteiger partial charge < -0.3 is 16.4 Å². The Kier molecular flexibility index (Phi) is 5.84. The normalized spacial score (nSPS) is 14.5. The van der Waals surface area contributed by atoms with E-state index in [0.717, 1.165) is 6.07 Å². The van der Waals surface area contributed by atoms with Gasteiger partial charge in [0.05, 0.1) is 11.3 Å². The highest BCUT2D eigenvalue weighted by atomic mass is 19.1. The molecular weight excluding hydrogens is 373 g/mol. The summed E-state index contributed by atoms with van der Waals surface area (Å²) in [5.74, 6) is -3.79. The highest BCUT2D eigenvalue weighted by Gasteiger charge is 2.28. The van der Waals surface area contributed by atoms with Crippen LogP contribution in [0.3, 0.4) is 0 Å². The number of hydrogen-bond donors (Lipinski definition) is 3. The molecule has 1 saturated heterocycles. The van der Waals surface area contributed by atoms with E-state index in [1.165, 1.54) is 23.1 Å². The number of halogens is 3. The molecule has 1 fully saturated rings. The number of benzene rings is 2. The Morgan fingerprint density at radius 1 is 1.07 bits per heavy atom. The van der Waals surface area contributed by atoms with E-state index in [1.54, 1.807) is 6.07 Å². The minimum atomic E-state index is -1.12. The van der Waals surface area contributed by atoms with Crippen molar-refractivity contribution in [3.63, 3.8) is 0 Å². The number of amides is 3. The molecule has 1 aliphatic heterocycles. The molecule has 0 bridgehead atoms. The second kappa shape index (κ2) is 8.30. The van der Waals surface area contributed by atoms with Crippen LogP contribution in [0.2, 0.25) is 0 Å². The van der Waals surface area contributed by atoms with Crippen molar-refractivity contribution in [1.82, 2.24) is 5.32 Å². The van der Waals surface area contributed by atoms with E-state index < -0.39 is 40.6 Å². The van der Waals surface area contributed by atoms with E-state index in [0.29, 0.717) is 37.7 Å². The Balaban J connectivity index is 1.94. The van der Waals surface area contributed by atoms with Gasteiger partial charge >= 0.3 is 6.03 Å². The molecule has 0 aliphatic carbocycles. The van der Waals surface area contributed by atoms with Crippen LogP contribution in [0.5, 0.6) is 0 Å². The van der Waals surface area contributed by atoms with Gasteiger partial charge in [-0.15, -0.1) is 0 Å². The third-order valence-corrected chi connectivity index (χ3v) is 4.54. The highest BCUT2D eigenvalue weighted by molar-refractivity contribution is 6.03. The Bertz CT molecular complexity index is 901. The molecule has 0 spiro atoms. The molecule has 9 heteroatoms. The molecule has 0 saturated carbocycles. The molecule has 0 radical (unpaired) electrons. The summed E-state index contributed by atoms with van der Waals surface area (Å²) < 4.78 is 41.5. The lowest BCUT2D eigenvalue weighted by Crippen LogP contribution is -2.48. The first-order chi connectivity index (χ1) is 13.4. The standard InChI is InChI=1S/C19H19F3N4O2/c20-11-2-1-3-13(8-11)26(12-4-6-24-7-5-12)19(28)25-17-9-14(18(23)27)15(21)10-16(17)22/h1-3,8-10,12,24H,4-7H2,(H2,23,27)(H,25,28). The monoisotopic (exact) mass is 392 g/mol. The number of anilines is 2. The van der Waals surface area contributed by atoms with Gasteiger partial charge in [0.1, 0.15) is 17.5 Å². The molecule has 0 unspecified atom stereocenters. The van der Waals surface area contributed by atoms with Crippen molar-refractivity contribution in [3.05, 3.63) is 59.4 Å². The molecule has 2 aromatic rings. The summed E-state index contributed by atoms with van der Waals surface area (Å²) in [6, 6.07) is 5.85. The summed E-state index contributed by atoms with van der Waals surface area (Å²) in [5, 5.41) is 5.51. The Morgan fingerprint density at radius 3 is 2.43 bits per heavy atom. The number of rotatable bonds is 4. The van der Waals surface area contributed by atoms with Crippen LogP contribution in [-0.2, 0) is 0 Å². The predicted octanol–water partition coefficient (Wildman–Crippen LogP) is 2.99. The first-order valence-electron chi connectivity index (χ1n) is 8.72. The SMILES string of the molecule is NC(=O)c1cc(NC(=O)N(c2cccc(F)c2)C2CCNCC2)c(F)cc1F. The average molecular weight is 392 g/mol. The zero-order valence-corrected chi connectivity index (χ0v) is 14.8. The summed E-state index contributed by atoms with van der Waals surface area (Å²) in [6.07, 6.45) is 1.23. The van der Waals surface area contributed by atoms with Crippen molar-refractivity contribution in [2.24, 2.45) is 5.73 Å². The highest BCUT2D eigenvalue weighted by Crippen LogP contribution is 2.26. The number of hydrogen-bond acceptors (Lipinski definition) is 3. The van der Waals surface area contributed by atoms with Gasteiger partial charge in [0.2, 0.25) is 0 Å². The second-order valence-corrected chi connectivity index (χ2v) is 6.44. The zero-order valence-electron chi connectivity index (χ0n) is 14.8. The summed E-state index contributed by atoms with van der Waals surface area (Å²) in [7, 11) is 0. The largest absolute Gasteiger partial charge is 0.366 e. The van der Waals surface area contributed by atoms with E-state index in [-0.39, 0.29) is 6.04 Å². The van der Waals surface area contributed by atoms with Crippen molar-refractivity contribution in [2.75, 3.05) is 23.3 Å². The smallest absolute Gasteiger partial charge is 0.326 e. The maximum absolute atomic E-state index is 14.1. The van der Waals surface area contributed by atoms with Crippen molar-refractivity contribution in [1.29, 1.82) is 0 Å². The summed E-state index contributed by atoms with van der Waals surface area (Å²) >= 11 is 0. The molecule has 148 valence electrons. The molecule has 0 atom stereocenters. The summed E-state index contributed by atoms with van der Waals surface area (Å²) in [5.41, 5.74) is 4.44. The number of carbonyl (C=O) groups is 2. The lowest BCUT2D eigenvalue weighted by Gasteiger charge is -2.34. The van der Waals surface area contributed by atoms with Gasteiger partial charge in [-0.05, 0) is 50.2 Å². The third-order valence-electron chi connectivity index (χ3n) is 4.54. The fraction of sp³-hybridized carbons (Fsp3) is 0.263. The van der Waals surface area contributed by atoms with Crippen LogP contribution in [-0.4, -0.2) is 31.1 Å². The van der Waals surface area contributed by atoms with E-state index in [1.807, 2.05) is 0 Å². The van der Waals surface area contributed by atoms with Crippen LogP contribution in [0.25, 0.3) is 0 Å². The van der Waals surface area contributed by atoms with Crippen molar-refractivity contribution in [3.8, 4) is 0 Å². The molecule has 2 aromatic carbocycles. The Labute approximate surface area is 159 Å². The van der Waals surface area contributed by atoms with E-state index in [4.69, 9.17) is 5.73 Å². The Morgan fingerprint density at radius 2 is 1.79 bits per heavy atom. The Hall–Kier alpha value is -3.07. The number of piperidine rings is 1. The number of nitrogens with two attached hydrogens (primary N) is 1. The number of urea groups is 1. The predicted molar refractivity (Wildman–Crippen MR) is 98.7 cm³/mol. The van der Waals surface area contributed by atoms with Crippen molar-refractivity contribution >= 4 is 23.3 Å². The molecule has 3 rings (SSSR count). The van der Waals surface area contributed by atoms with Crippen LogP contribution >= 0.6 is 0 Å². The quantitative estimate of drug-likeness (QED) is 0.748. The van der Waals surface area contributed by atoms with Gasteiger partial charge in [-0.2, -0.15) is 0 Å². The molecule has 3 amide bonds. The number of carbonyl (C=O) groups excluding carboxylic acids is 2. The number of nitrogens with one attached hydrogen (secondary N) is 2. The topological polar surface area (TPSA) is 87.5 Å². The fourth-order valence-electron chi connectivity index (χ4n) is 3.19. The maximum atomic E-state index is 14.1. The van der Waals surface area contributed by atoms with E-state index in [2.05, 4.69) is 10.6 Å². The summed E-state index contributed by atoms with van der Waals surface area (Å²) in [6.45, 7) is 1.33. The van der Waals surface area contributed by atoms with Gasteiger partial charge in [0.15, 0.2) is 0 Å². The first kappa shape index (κ1) is 19.7. The van der Waals surface area contributed by atoms with Gasteiger partial charge in [0.25, 0.3) is 5.91 Å². The van der Waals surface area contributed by atoms with Gasteiger partial charge in [0, 0.05) is 17.8 Å². The molecular formula is C19H19F3N4O2. The fourth-order valence-corrected chi connectivity index (χ4v) is 3.19. The zero-order chi connectivity index (χ0) is 20.3. The van der Waals surface area contributed by atoms with Crippen molar-refractivity contribution < 1.29 is 22.8 Å². The minimum Gasteiger partial charge on any atom is -0.366 e. The minimum absolute atomic E-state index is 0.248. The van der Waals surface area contributed by atoms with Gasteiger partial charge in [-0.25, -0.2) is 18.0 Å². The van der Waals surface area contributed by atoms with Gasteiger partial charge in [-0.3, -0.25) is 9.69 Å². The average Bonchev–Trinajstić information content (AvgIpc) is 2.65. The molecule has 1 heterocycles. The molecule has 6 nitrogen and oxygen atoms in total. The third kappa shape index (κ3) is 4.25.